The largest absolute Gasteiger partial charge is 0.463 e. The first-order valence-corrected chi connectivity index (χ1v) is 5.02. The fourth-order valence-corrected chi connectivity index (χ4v) is 0.956. The van der Waals surface area contributed by atoms with E-state index in [1.165, 1.54) is 0 Å². The second-order valence-corrected chi connectivity index (χ2v) is 3.31. The molecule has 1 N–H and O–H groups in total. The number of aromatic nitrogens is 3. The van der Waals surface area contributed by atoms with Crippen LogP contribution >= 0.6 is 0 Å². The highest BCUT2D eigenvalue weighted by Gasteiger charge is 2.07. The summed E-state index contributed by atoms with van der Waals surface area (Å²) in [7, 11) is 5.48. The van der Waals surface area contributed by atoms with Crippen LogP contribution in [0.5, 0.6) is 6.01 Å². The van der Waals surface area contributed by atoms with Crippen molar-refractivity contribution < 1.29 is 4.74 Å². The van der Waals surface area contributed by atoms with Gasteiger partial charge in [-0.15, -0.1) is 6.58 Å². The molecule has 0 bridgehead atoms. The summed E-state index contributed by atoms with van der Waals surface area (Å²) in [5.74, 6) is 1.06. The Morgan fingerprint density at radius 2 is 2.12 bits per heavy atom. The van der Waals surface area contributed by atoms with E-state index in [2.05, 4.69) is 26.8 Å². The van der Waals surface area contributed by atoms with Gasteiger partial charge in [0.15, 0.2) is 0 Å². The number of rotatable bonds is 6. The van der Waals surface area contributed by atoms with E-state index in [9.17, 15) is 0 Å². The van der Waals surface area contributed by atoms with E-state index < -0.39 is 0 Å². The zero-order valence-electron chi connectivity index (χ0n) is 9.90. The van der Waals surface area contributed by atoms with Crippen LogP contribution in [0, 0.1) is 0 Å². The van der Waals surface area contributed by atoms with Crippen molar-refractivity contribution in [2.45, 2.75) is 6.42 Å². The van der Waals surface area contributed by atoms with Crippen molar-refractivity contribution >= 4 is 11.9 Å². The van der Waals surface area contributed by atoms with Gasteiger partial charge in [-0.3, -0.25) is 0 Å². The van der Waals surface area contributed by atoms with Gasteiger partial charge in [-0.05, 0) is 6.42 Å². The quantitative estimate of drug-likeness (QED) is 0.572. The van der Waals surface area contributed by atoms with Gasteiger partial charge in [0.2, 0.25) is 11.9 Å². The molecule has 0 unspecified atom stereocenters. The Bertz CT molecular complexity index is 353. The topological polar surface area (TPSA) is 63.2 Å². The van der Waals surface area contributed by atoms with Crippen molar-refractivity contribution in [3.05, 3.63) is 12.7 Å². The van der Waals surface area contributed by atoms with E-state index >= 15 is 0 Å². The van der Waals surface area contributed by atoms with Crippen molar-refractivity contribution in [3.63, 3.8) is 0 Å². The normalized spacial score (nSPS) is 9.69. The van der Waals surface area contributed by atoms with E-state index in [0.29, 0.717) is 24.5 Å². The molecule has 1 aromatic rings. The van der Waals surface area contributed by atoms with Crippen LogP contribution in [0.3, 0.4) is 0 Å². The lowest BCUT2D eigenvalue weighted by molar-refractivity contribution is 0.298. The first-order chi connectivity index (χ1) is 7.67. The first-order valence-electron chi connectivity index (χ1n) is 5.02. The summed E-state index contributed by atoms with van der Waals surface area (Å²) in [4.78, 5) is 14.2. The molecule has 6 nitrogen and oxygen atoms in total. The number of hydrogen-bond acceptors (Lipinski definition) is 6. The summed E-state index contributed by atoms with van der Waals surface area (Å²) in [5.41, 5.74) is 0. The van der Waals surface area contributed by atoms with Crippen LogP contribution in [-0.4, -0.2) is 42.7 Å². The number of ether oxygens (including phenoxy) is 1. The highest BCUT2D eigenvalue weighted by Crippen LogP contribution is 2.12. The van der Waals surface area contributed by atoms with Crippen LogP contribution in [-0.2, 0) is 0 Å². The molecule has 0 radical (unpaired) electrons. The minimum absolute atomic E-state index is 0.324. The van der Waals surface area contributed by atoms with E-state index in [1.54, 1.807) is 18.0 Å². The van der Waals surface area contributed by atoms with Crippen molar-refractivity contribution in [2.75, 3.05) is 38.0 Å². The van der Waals surface area contributed by atoms with Crippen LogP contribution in [0.1, 0.15) is 6.42 Å². The summed E-state index contributed by atoms with van der Waals surface area (Å²) in [5, 5.41) is 2.86. The van der Waals surface area contributed by atoms with E-state index in [-0.39, 0.29) is 0 Å². The van der Waals surface area contributed by atoms with E-state index in [1.807, 2.05) is 14.1 Å². The van der Waals surface area contributed by atoms with Crippen LogP contribution < -0.4 is 15.0 Å². The third-order valence-electron chi connectivity index (χ3n) is 1.78. The number of hydrogen-bond donors (Lipinski definition) is 1. The van der Waals surface area contributed by atoms with Gasteiger partial charge in [-0.1, -0.05) is 6.08 Å². The van der Waals surface area contributed by atoms with Crippen LogP contribution in [0.4, 0.5) is 11.9 Å². The first kappa shape index (κ1) is 12.2. The molecule has 0 aliphatic carbocycles. The van der Waals surface area contributed by atoms with Gasteiger partial charge < -0.3 is 15.0 Å². The average Bonchev–Trinajstić information content (AvgIpc) is 2.29. The average molecular weight is 223 g/mol. The SMILES string of the molecule is C=CCCOc1nc(NC)nc(N(C)C)n1. The number of anilines is 2. The molecule has 0 fully saturated rings. The van der Waals surface area contributed by atoms with Crippen molar-refractivity contribution in [2.24, 2.45) is 0 Å². The molecule has 0 atom stereocenters. The highest BCUT2D eigenvalue weighted by atomic mass is 16.5. The summed E-state index contributed by atoms with van der Waals surface area (Å²) in [6.45, 7) is 4.14. The Labute approximate surface area is 95.4 Å². The van der Waals surface area contributed by atoms with Crippen LogP contribution in [0.25, 0.3) is 0 Å². The molecule has 1 rings (SSSR count). The second-order valence-electron chi connectivity index (χ2n) is 3.31. The molecular weight excluding hydrogens is 206 g/mol. The molecule has 0 amide bonds. The lowest BCUT2D eigenvalue weighted by Crippen LogP contribution is -2.15. The van der Waals surface area contributed by atoms with Gasteiger partial charge in [0.25, 0.3) is 0 Å². The van der Waals surface area contributed by atoms with Gasteiger partial charge in [0.05, 0.1) is 6.61 Å². The maximum atomic E-state index is 5.38. The zero-order valence-corrected chi connectivity index (χ0v) is 9.90. The summed E-state index contributed by atoms with van der Waals surface area (Å²) in [6, 6.07) is 0.324. The maximum Gasteiger partial charge on any atom is 0.323 e. The Kier molecular flexibility index (Phi) is 4.50. The molecule has 1 aromatic heterocycles. The Morgan fingerprint density at radius 3 is 2.69 bits per heavy atom. The predicted molar refractivity (Wildman–Crippen MR) is 64.0 cm³/mol. The fraction of sp³-hybridized carbons (Fsp3) is 0.500. The molecule has 0 saturated carbocycles. The fourth-order valence-electron chi connectivity index (χ4n) is 0.956. The third-order valence-corrected chi connectivity index (χ3v) is 1.78. The monoisotopic (exact) mass is 223 g/mol. The second kappa shape index (κ2) is 5.89. The minimum atomic E-state index is 0.324. The van der Waals surface area contributed by atoms with Crippen molar-refractivity contribution in [1.82, 2.24) is 15.0 Å². The van der Waals surface area contributed by atoms with Gasteiger partial charge in [-0.25, -0.2) is 0 Å². The Morgan fingerprint density at radius 1 is 1.38 bits per heavy atom. The highest BCUT2D eigenvalue weighted by molar-refractivity contribution is 5.36. The molecule has 16 heavy (non-hydrogen) atoms. The molecule has 0 spiro atoms. The Balaban J connectivity index is 2.82. The summed E-state index contributed by atoms with van der Waals surface area (Å²) >= 11 is 0. The van der Waals surface area contributed by atoms with Crippen LogP contribution in [0.2, 0.25) is 0 Å². The van der Waals surface area contributed by atoms with E-state index in [0.717, 1.165) is 6.42 Å². The molecule has 0 aromatic carbocycles. The lowest BCUT2D eigenvalue weighted by Gasteiger charge is -2.12. The lowest BCUT2D eigenvalue weighted by atomic mass is 10.5. The molecule has 1 heterocycles. The van der Waals surface area contributed by atoms with Crippen molar-refractivity contribution in [1.29, 1.82) is 0 Å². The van der Waals surface area contributed by atoms with Gasteiger partial charge in [0.1, 0.15) is 0 Å². The molecule has 6 heteroatoms. The van der Waals surface area contributed by atoms with E-state index in [4.69, 9.17) is 4.74 Å². The maximum absolute atomic E-state index is 5.38. The van der Waals surface area contributed by atoms with Gasteiger partial charge in [0, 0.05) is 21.1 Å². The number of nitrogens with one attached hydrogen (secondary N) is 1. The van der Waals surface area contributed by atoms with Crippen molar-refractivity contribution in [3.8, 4) is 6.01 Å². The zero-order chi connectivity index (χ0) is 12.0. The standard InChI is InChI=1S/C10H17N5O/c1-5-6-7-16-10-13-8(11-2)12-9(14-10)15(3)4/h5H,1,6-7H2,2-4H3,(H,11,12,13,14). The summed E-state index contributed by atoms with van der Waals surface area (Å²) in [6.07, 6.45) is 2.55. The molecule has 0 saturated heterocycles. The van der Waals surface area contributed by atoms with Crippen LogP contribution in [0.15, 0.2) is 12.7 Å². The molecule has 0 aliphatic heterocycles. The number of nitrogens with zero attached hydrogens (tertiary/aromatic N) is 4. The Hall–Kier alpha value is -1.85. The molecular formula is C10H17N5O. The smallest absolute Gasteiger partial charge is 0.323 e. The predicted octanol–water partition coefficient (Wildman–Crippen LogP) is 0.934. The molecule has 0 aliphatic rings. The van der Waals surface area contributed by atoms with Gasteiger partial charge in [-0.2, -0.15) is 15.0 Å². The summed E-state index contributed by atoms with van der Waals surface area (Å²) < 4.78 is 5.38. The van der Waals surface area contributed by atoms with Gasteiger partial charge >= 0.3 is 6.01 Å². The third kappa shape index (κ3) is 3.38. The minimum Gasteiger partial charge on any atom is -0.463 e. The molecule has 88 valence electrons.